The smallest absolute Gasteiger partial charge is 0.291 e. The van der Waals surface area contributed by atoms with Crippen LogP contribution in [0.1, 0.15) is 44.3 Å². The zero-order valence-electron chi connectivity index (χ0n) is 14.9. The molecular formula is C20H20N2O3S. The van der Waals surface area contributed by atoms with E-state index in [0.717, 1.165) is 11.1 Å². The van der Waals surface area contributed by atoms with Gasteiger partial charge in [0.05, 0.1) is 22.2 Å². The number of benzene rings is 1. The minimum absolute atomic E-state index is 0.0497. The molecule has 2 amide bonds. The maximum absolute atomic E-state index is 12.9. The predicted octanol–water partition coefficient (Wildman–Crippen LogP) is 4.74. The molecule has 0 aliphatic heterocycles. The molecule has 0 aliphatic rings. The molecule has 0 aliphatic carbocycles. The standard InChI is InChI=1S/C20H20N2O3S/c1-13-12-17(21-19(23)16-10-7-11-25-16)26-18(13)20(24)22(3)14(2)15-8-5-4-6-9-15/h4-12,14H,1-3H3,(H,21,23)/t14-/m1/s1. The minimum Gasteiger partial charge on any atom is -0.459 e. The number of anilines is 1. The van der Waals surface area contributed by atoms with E-state index in [1.165, 1.54) is 17.6 Å². The Hall–Kier alpha value is -2.86. The quantitative estimate of drug-likeness (QED) is 0.708. The third-order valence-electron chi connectivity index (χ3n) is 4.28. The minimum atomic E-state index is -0.332. The summed E-state index contributed by atoms with van der Waals surface area (Å²) in [7, 11) is 1.79. The molecule has 0 unspecified atom stereocenters. The van der Waals surface area contributed by atoms with Crippen molar-refractivity contribution >= 4 is 28.2 Å². The summed E-state index contributed by atoms with van der Waals surface area (Å²) in [5.74, 6) is -0.164. The summed E-state index contributed by atoms with van der Waals surface area (Å²) in [4.78, 5) is 27.3. The summed E-state index contributed by atoms with van der Waals surface area (Å²) < 4.78 is 5.09. The lowest BCUT2D eigenvalue weighted by atomic mass is 10.1. The first-order valence-electron chi connectivity index (χ1n) is 8.24. The van der Waals surface area contributed by atoms with Gasteiger partial charge in [-0.3, -0.25) is 9.59 Å². The summed E-state index contributed by atoms with van der Waals surface area (Å²) in [6.45, 7) is 3.86. The third kappa shape index (κ3) is 3.70. The van der Waals surface area contributed by atoms with Crippen LogP contribution in [0.3, 0.4) is 0 Å². The lowest BCUT2D eigenvalue weighted by molar-refractivity contribution is 0.0746. The van der Waals surface area contributed by atoms with E-state index in [2.05, 4.69) is 5.32 Å². The molecule has 2 heterocycles. The van der Waals surface area contributed by atoms with Gasteiger partial charge in [-0.25, -0.2) is 0 Å². The summed E-state index contributed by atoms with van der Waals surface area (Å²) in [5.41, 5.74) is 1.91. The Balaban J connectivity index is 1.75. The molecule has 0 saturated carbocycles. The van der Waals surface area contributed by atoms with Crippen molar-refractivity contribution in [2.24, 2.45) is 0 Å². The largest absolute Gasteiger partial charge is 0.459 e. The molecule has 0 fully saturated rings. The molecule has 134 valence electrons. The monoisotopic (exact) mass is 368 g/mol. The van der Waals surface area contributed by atoms with Crippen LogP contribution in [0.25, 0.3) is 0 Å². The maximum Gasteiger partial charge on any atom is 0.291 e. The van der Waals surface area contributed by atoms with Gasteiger partial charge in [-0.2, -0.15) is 0 Å². The zero-order valence-corrected chi connectivity index (χ0v) is 15.7. The average molecular weight is 368 g/mol. The van der Waals surface area contributed by atoms with Crippen molar-refractivity contribution in [2.45, 2.75) is 19.9 Å². The van der Waals surface area contributed by atoms with E-state index in [0.29, 0.717) is 9.88 Å². The highest BCUT2D eigenvalue weighted by Gasteiger charge is 2.23. The molecular weight excluding hydrogens is 348 g/mol. The number of hydrogen-bond acceptors (Lipinski definition) is 4. The van der Waals surface area contributed by atoms with E-state index in [-0.39, 0.29) is 23.6 Å². The third-order valence-corrected chi connectivity index (χ3v) is 5.42. The molecule has 1 N–H and O–H groups in total. The predicted molar refractivity (Wildman–Crippen MR) is 103 cm³/mol. The Kier molecular flexibility index (Phi) is 5.23. The van der Waals surface area contributed by atoms with Gasteiger partial charge in [-0.15, -0.1) is 11.3 Å². The number of rotatable bonds is 5. The second-order valence-electron chi connectivity index (χ2n) is 6.06. The van der Waals surface area contributed by atoms with Crippen molar-refractivity contribution in [2.75, 3.05) is 12.4 Å². The molecule has 5 nitrogen and oxygen atoms in total. The summed E-state index contributed by atoms with van der Waals surface area (Å²) >= 11 is 1.27. The molecule has 0 radical (unpaired) electrons. The van der Waals surface area contributed by atoms with Crippen molar-refractivity contribution in [3.8, 4) is 0 Å². The van der Waals surface area contributed by atoms with E-state index >= 15 is 0 Å². The molecule has 0 spiro atoms. The van der Waals surface area contributed by atoms with Crippen LogP contribution in [0.15, 0.2) is 59.2 Å². The van der Waals surface area contributed by atoms with E-state index in [1.807, 2.05) is 44.2 Å². The lowest BCUT2D eigenvalue weighted by Crippen LogP contribution is -2.29. The molecule has 1 atom stereocenters. The van der Waals surface area contributed by atoms with Gasteiger partial charge >= 0.3 is 0 Å². The lowest BCUT2D eigenvalue weighted by Gasteiger charge is -2.25. The number of hydrogen-bond donors (Lipinski definition) is 1. The van der Waals surface area contributed by atoms with Crippen molar-refractivity contribution in [1.29, 1.82) is 0 Å². The molecule has 6 heteroatoms. The number of nitrogens with one attached hydrogen (secondary N) is 1. The molecule has 3 rings (SSSR count). The highest BCUT2D eigenvalue weighted by Crippen LogP contribution is 2.30. The fourth-order valence-corrected chi connectivity index (χ4v) is 3.68. The van der Waals surface area contributed by atoms with Crippen molar-refractivity contribution in [3.63, 3.8) is 0 Å². The fraction of sp³-hybridized carbons (Fsp3) is 0.200. The topological polar surface area (TPSA) is 62.6 Å². The Bertz CT molecular complexity index is 901. The molecule has 3 aromatic rings. The Morgan fingerprint density at radius 2 is 1.88 bits per heavy atom. The average Bonchev–Trinajstić information content (AvgIpc) is 3.30. The maximum atomic E-state index is 12.9. The van der Waals surface area contributed by atoms with Gasteiger partial charge in [0.15, 0.2) is 5.76 Å². The van der Waals surface area contributed by atoms with Gasteiger partial charge in [0, 0.05) is 7.05 Å². The van der Waals surface area contributed by atoms with Crippen LogP contribution in [0.2, 0.25) is 0 Å². The molecule has 26 heavy (non-hydrogen) atoms. The molecule has 0 saturated heterocycles. The van der Waals surface area contributed by atoms with Crippen LogP contribution in [0.5, 0.6) is 0 Å². The van der Waals surface area contributed by atoms with E-state index < -0.39 is 0 Å². The van der Waals surface area contributed by atoms with Crippen LogP contribution in [0, 0.1) is 6.92 Å². The van der Waals surface area contributed by atoms with Crippen molar-refractivity contribution in [1.82, 2.24) is 4.90 Å². The zero-order chi connectivity index (χ0) is 18.7. The normalized spacial score (nSPS) is 11.8. The second kappa shape index (κ2) is 7.58. The molecule has 0 bridgehead atoms. The fourth-order valence-electron chi connectivity index (χ4n) is 2.63. The number of nitrogens with zero attached hydrogens (tertiary/aromatic N) is 1. The molecule has 1 aromatic carbocycles. The van der Waals surface area contributed by atoms with Crippen LogP contribution in [0.4, 0.5) is 5.00 Å². The summed E-state index contributed by atoms with van der Waals surface area (Å²) in [5, 5.41) is 3.39. The first-order valence-corrected chi connectivity index (χ1v) is 9.06. The van der Waals surface area contributed by atoms with Gasteiger partial charge in [0.25, 0.3) is 11.8 Å². The number of aryl methyl sites for hydroxylation is 1. The van der Waals surface area contributed by atoms with Crippen LogP contribution >= 0.6 is 11.3 Å². The number of furan rings is 1. The highest BCUT2D eigenvalue weighted by atomic mass is 32.1. The van der Waals surface area contributed by atoms with Crippen molar-refractivity contribution < 1.29 is 14.0 Å². The van der Waals surface area contributed by atoms with Crippen molar-refractivity contribution in [3.05, 3.63) is 76.6 Å². The van der Waals surface area contributed by atoms with Gasteiger partial charge in [0.2, 0.25) is 0 Å². The first-order chi connectivity index (χ1) is 12.5. The van der Waals surface area contributed by atoms with Crippen LogP contribution in [-0.2, 0) is 0 Å². The summed E-state index contributed by atoms with van der Waals surface area (Å²) in [6, 6.07) is 14.9. The number of carbonyl (C=O) groups is 2. The highest BCUT2D eigenvalue weighted by molar-refractivity contribution is 7.18. The second-order valence-corrected chi connectivity index (χ2v) is 7.11. The number of amides is 2. The van der Waals surface area contributed by atoms with Gasteiger partial charge < -0.3 is 14.6 Å². The van der Waals surface area contributed by atoms with E-state index in [4.69, 9.17) is 4.42 Å². The van der Waals surface area contributed by atoms with E-state index in [1.54, 1.807) is 30.1 Å². The first kappa shape index (κ1) is 17.9. The van der Waals surface area contributed by atoms with E-state index in [9.17, 15) is 9.59 Å². The Morgan fingerprint density at radius 3 is 2.54 bits per heavy atom. The van der Waals surface area contributed by atoms with Gasteiger partial charge in [-0.1, -0.05) is 30.3 Å². The van der Waals surface area contributed by atoms with Gasteiger partial charge in [0.1, 0.15) is 0 Å². The van der Waals surface area contributed by atoms with Gasteiger partial charge in [-0.05, 0) is 43.2 Å². The summed E-state index contributed by atoms with van der Waals surface area (Å²) in [6.07, 6.45) is 1.45. The Morgan fingerprint density at radius 1 is 1.15 bits per heavy atom. The number of carbonyl (C=O) groups excluding carboxylic acids is 2. The SMILES string of the molecule is Cc1cc(NC(=O)c2ccco2)sc1C(=O)N(C)[C@H](C)c1ccccc1. The van der Waals surface area contributed by atoms with Crippen LogP contribution in [-0.4, -0.2) is 23.8 Å². The Labute approximate surface area is 156 Å². The number of thiophene rings is 1. The van der Waals surface area contributed by atoms with Crippen LogP contribution < -0.4 is 5.32 Å². The molecule has 2 aromatic heterocycles.